The fraction of sp³-hybridized carbons (Fsp3) is 0.471. The van der Waals surface area contributed by atoms with Crippen molar-refractivity contribution < 1.29 is 9.90 Å². The predicted molar refractivity (Wildman–Crippen MR) is 86.5 cm³/mol. The normalized spacial score (nSPS) is 18.4. The van der Waals surface area contributed by atoms with Crippen LogP contribution in [0.1, 0.15) is 42.7 Å². The van der Waals surface area contributed by atoms with Crippen LogP contribution in [0.25, 0.3) is 5.82 Å². The minimum atomic E-state index is -0.906. The highest BCUT2D eigenvalue weighted by atomic mass is 16.3. The molecule has 1 unspecified atom stereocenters. The van der Waals surface area contributed by atoms with Gasteiger partial charge in [0, 0.05) is 12.7 Å². The Morgan fingerprint density at radius 3 is 2.83 bits per heavy atom. The smallest absolute Gasteiger partial charge is 0.257 e. The van der Waals surface area contributed by atoms with Crippen LogP contribution in [-0.2, 0) is 0 Å². The Labute approximate surface area is 135 Å². The number of hydrogen-bond donors (Lipinski definition) is 1. The lowest BCUT2D eigenvalue weighted by molar-refractivity contribution is 0.000301. The van der Waals surface area contributed by atoms with Crippen LogP contribution in [0.2, 0.25) is 0 Å². The van der Waals surface area contributed by atoms with Gasteiger partial charge in [0.25, 0.3) is 5.91 Å². The number of carbonyl (C=O) groups is 1. The third-order valence-corrected chi connectivity index (χ3v) is 4.44. The molecular weight excluding hydrogens is 292 g/mol. The quantitative estimate of drug-likeness (QED) is 0.940. The minimum Gasteiger partial charge on any atom is -0.388 e. The summed E-state index contributed by atoms with van der Waals surface area (Å²) in [5.41, 5.74) is 0.415. The van der Waals surface area contributed by atoms with Gasteiger partial charge in [-0.3, -0.25) is 4.79 Å². The molecule has 0 radical (unpaired) electrons. The van der Waals surface area contributed by atoms with E-state index < -0.39 is 5.60 Å². The monoisotopic (exact) mass is 314 g/mol. The maximum atomic E-state index is 12.9. The van der Waals surface area contributed by atoms with Gasteiger partial charge in [0.05, 0.1) is 29.1 Å². The van der Waals surface area contributed by atoms with Crippen LogP contribution in [0.3, 0.4) is 0 Å². The van der Waals surface area contributed by atoms with E-state index in [0.717, 1.165) is 18.5 Å². The first-order valence-corrected chi connectivity index (χ1v) is 7.89. The van der Waals surface area contributed by atoms with Gasteiger partial charge in [0.2, 0.25) is 0 Å². The van der Waals surface area contributed by atoms with Crippen molar-refractivity contribution in [1.29, 1.82) is 0 Å². The average Bonchev–Trinajstić information content (AvgIpc) is 3.14. The number of hydrogen-bond acceptors (Lipinski definition) is 4. The van der Waals surface area contributed by atoms with Gasteiger partial charge in [-0.05, 0) is 45.7 Å². The number of nitrogens with zero attached hydrogens (tertiary/aromatic N) is 4. The van der Waals surface area contributed by atoms with E-state index in [4.69, 9.17) is 0 Å². The number of likely N-dealkylation sites (tertiary alicyclic amines) is 1. The van der Waals surface area contributed by atoms with Crippen molar-refractivity contribution in [2.75, 3.05) is 6.54 Å². The van der Waals surface area contributed by atoms with Crippen LogP contribution in [0.4, 0.5) is 0 Å². The van der Waals surface area contributed by atoms with Crippen LogP contribution in [0.5, 0.6) is 0 Å². The van der Waals surface area contributed by atoms with Crippen LogP contribution in [0.15, 0.2) is 30.6 Å². The van der Waals surface area contributed by atoms with E-state index >= 15 is 0 Å². The van der Waals surface area contributed by atoms with Crippen LogP contribution in [-0.4, -0.2) is 48.9 Å². The van der Waals surface area contributed by atoms with Gasteiger partial charge >= 0.3 is 0 Å². The first-order chi connectivity index (χ1) is 10.9. The van der Waals surface area contributed by atoms with Crippen LogP contribution < -0.4 is 0 Å². The molecule has 2 aromatic heterocycles. The van der Waals surface area contributed by atoms with E-state index in [1.807, 2.05) is 25.1 Å². The van der Waals surface area contributed by atoms with E-state index in [0.29, 0.717) is 17.9 Å². The van der Waals surface area contributed by atoms with E-state index in [9.17, 15) is 9.90 Å². The van der Waals surface area contributed by atoms with Crippen molar-refractivity contribution in [3.05, 3.63) is 41.9 Å². The standard InChI is InChI=1S/C17H22N4O2/c1-12-13(11-19-21(12)15-8-4-5-9-18-15)16(22)20-10-6-7-14(20)17(2,3)23/h4-5,8-9,11,14,23H,6-7,10H2,1-3H3. The number of aromatic nitrogens is 3. The lowest BCUT2D eigenvalue weighted by Crippen LogP contribution is -2.48. The summed E-state index contributed by atoms with van der Waals surface area (Å²) in [6.45, 7) is 6.05. The second kappa shape index (κ2) is 5.77. The first-order valence-electron chi connectivity index (χ1n) is 7.89. The zero-order valence-electron chi connectivity index (χ0n) is 13.7. The highest BCUT2D eigenvalue weighted by Gasteiger charge is 2.39. The molecule has 23 heavy (non-hydrogen) atoms. The number of rotatable bonds is 3. The van der Waals surface area contributed by atoms with Crippen molar-refractivity contribution in [3.8, 4) is 5.82 Å². The van der Waals surface area contributed by atoms with E-state index in [-0.39, 0.29) is 11.9 Å². The number of pyridine rings is 1. The highest BCUT2D eigenvalue weighted by molar-refractivity contribution is 5.95. The van der Waals surface area contributed by atoms with Crippen molar-refractivity contribution in [2.24, 2.45) is 0 Å². The summed E-state index contributed by atoms with van der Waals surface area (Å²) >= 11 is 0. The fourth-order valence-electron chi connectivity index (χ4n) is 3.23. The van der Waals surface area contributed by atoms with E-state index in [1.54, 1.807) is 35.8 Å². The van der Waals surface area contributed by atoms with Crippen molar-refractivity contribution in [2.45, 2.75) is 45.3 Å². The molecule has 0 saturated carbocycles. The molecule has 0 aliphatic carbocycles. The van der Waals surface area contributed by atoms with Crippen LogP contribution >= 0.6 is 0 Å². The van der Waals surface area contributed by atoms with E-state index in [1.165, 1.54) is 0 Å². The molecule has 6 heteroatoms. The molecule has 2 aromatic rings. The Morgan fingerprint density at radius 2 is 2.17 bits per heavy atom. The molecule has 122 valence electrons. The first kappa shape index (κ1) is 15.7. The van der Waals surface area contributed by atoms with Crippen molar-refractivity contribution >= 4 is 5.91 Å². The van der Waals surface area contributed by atoms with Crippen molar-refractivity contribution in [3.63, 3.8) is 0 Å². The molecule has 0 spiro atoms. The SMILES string of the molecule is Cc1c(C(=O)N2CCCC2C(C)(C)O)cnn1-c1ccccn1. The molecule has 1 fully saturated rings. The van der Waals surface area contributed by atoms with Gasteiger partial charge in [-0.25, -0.2) is 9.67 Å². The zero-order chi connectivity index (χ0) is 16.6. The predicted octanol–water partition coefficient (Wildman–Crippen LogP) is 1.95. The molecule has 0 bridgehead atoms. The highest BCUT2D eigenvalue weighted by Crippen LogP contribution is 2.29. The molecule has 1 atom stereocenters. The summed E-state index contributed by atoms with van der Waals surface area (Å²) in [5.74, 6) is 0.610. The molecule has 6 nitrogen and oxygen atoms in total. The molecule has 1 N–H and O–H groups in total. The molecule has 3 heterocycles. The molecule has 1 saturated heterocycles. The van der Waals surface area contributed by atoms with Crippen molar-refractivity contribution in [1.82, 2.24) is 19.7 Å². The average molecular weight is 314 g/mol. The maximum absolute atomic E-state index is 12.9. The fourth-order valence-corrected chi connectivity index (χ4v) is 3.23. The van der Waals surface area contributed by atoms with Gasteiger partial charge in [-0.1, -0.05) is 6.07 Å². The van der Waals surface area contributed by atoms with Gasteiger partial charge < -0.3 is 10.0 Å². The number of amides is 1. The molecule has 1 aliphatic rings. The Bertz CT molecular complexity index is 703. The maximum Gasteiger partial charge on any atom is 0.257 e. The molecule has 3 rings (SSSR count). The topological polar surface area (TPSA) is 71.2 Å². The summed E-state index contributed by atoms with van der Waals surface area (Å²) in [6, 6.07) is 5.42. The summed E-state index contributed by atoms with van der Waals surface area (Å²) in [7, 11) is 0. The van der Waals surface area contributed by atoms with Crippen LogP contribution in [0, 0.1) is 6.92 Å². The van der Waals surface area contributed by atoms with Gasteiger partial charge in [0.15, 0.2) is 5.82 Å². The zero-order valence-corrected chi connectivity index (χ0v) is 13.7. The second-order valence-electron chi connectivity index (χ2n) is 6.55. The third kappa shape index (κ3) is 2.86. The molecule has 0 aromatic carbocycles. The second-order valence-corrected chi connectivity index (χ2v) is 6.55. The lowest BCUT2D eigenvalue weighted by atomic mass is 9.96. The minimum absolute atomic E-state index is 0.0747. The Morgan fingerprint density at radius 1 is 1.39 bits per heavy atom. The molecular formula is C17H22N4O2. The van der Waals surface area contributed by atoms with Gasteiger partial charge in [-0.2, -0.15) is 5.10 Å². The summed E-state index contributed by atoms with van der Waals surface area (Å²) in [6.07, 6.45) is 5.02. The summed E-state index contributed by atoms with van der Waals surface area (Å²) in [4.78, 5) is 19.0. The molecule has 1 aliphatic heterocycles. The van der Waals surface area contributed by atoms with Gasteiger partial charge in [0.1, 0.15) is 0 Å². The summed E-state index contributed by atoms with van der Waals surface area (Å²) < 4.78 is 1.67. The Balaban J connectivity index is 1.91. The number of carbonyl (C=O) groups excluding carboxylic acids is 1. The van der Waals surface area contributed by atoms with Gasteiger partial charge in [-0.15, -0.1) is 0 Å². The largest absolute Gasteiger partial charge is 0.388 e. The number of aliphatic hydroxyl groups is 1. The third-order valence-electron chi connectivity index (χ3n) is 4.44. The Hall–Kier alpha value is -2.21. The van der Waals surface area contributed by atoms with E-state index in [2.05, 4.69) is 10.1 Å². The summed E-state index contributed by atoms with van der Waals surface area (Å²) in [5, 5.41) is 14.6. The Kier molecular flexibility index (Phi) is 3.93. The molecule has 1 amide bonds. The lowest BCUT2D eigenvalue weighted by Gasteiger charge is -2.33.